The molecule has 1 aliphatic rings. The van der Waals surface area contributed by atoms with Gasteiger partial charge in [-0.25, -0.2) is 0 Å². The Morgan fingerprint density at radius 2 is 2.05 bits per heavy atom. The maximum absolute atomic E-state index is 6.26. The molecule has 0 saturated carbocycles. The molecular formula is C17H28N2. The van der Waals surface area contributed by atoms with Crippen LogP contribution < -0.4 is 5.73 Å². The fourth-order valence-electron chi connectivity index (χ4n) is 3.62. The Kier molecular flexibility index (Phi) is 4.64. The lowest BCUT2D eigenvalue weighted by atomic mass is 9.75. The van der Waals surface area contributed by atoms with Gasteiger partial charge in [-0.3, -0.25) is 4.90 Å². The van der Waals surface area contributed by atoms with E-state index in [1.807, 2.05) is 0 Å². The molecule has 1 aliphatic carbocycles. The Balaban J connectivity index is 2.42. The minimum absolute atomic E-state index is 0.0634. The first-order valence-corrected chi connectivity index (χ1v) is 7.67. The summed E-state index contributed by atoms with van der Waals surface area (Å²) >= 11 is 0. The van der Waals surface area contributed by atoms with Crippen molar-refractivity contribution >= 4 is 0 Å². The molecule has 2 nitrogen and oxygen atoms in total. The molecule has 106 valence electrons. The van der Waals surface area contributed by atoms with E-state index in [4.69, 9.17) is 5.73 Å². The summed E-state index contributed by atoms with van der Waals surface area (Å²) in [7, 11) is 0. The SMILES string of the molecule is CCN(CC(C)C)C1(CN)CCCc2ccccc21. The molecule has 0 fully saturated rings. The van der Waals surface area contributed by atoms with Crippen LogP contribution >= 0.6 is 0 Å². The fraction of sp³-hybridized carbons (Fsp3) is 0.647. The minimum atomic E-state index is 0.0634. The lowest BCUT2D eigenvalue weighted by Gasteiger charge is -2.47. The van der Waals surface area contributed by atoms with Crippen molar-refractivity contribution in [3.63, 3.8) is 0 Å². The number of nitrogens with zero attached hydrogens (tertiary/aromatic N) is 1. The number of fused-ring (bicyclic) bond motifs is 1. The maximum Gasteiger partial charge on any atom is 0.0586 e. The average molecular weight is 260 g/mol. The van der Waals surface area contributed by atoms with Gasteiger partial charge in [0, 0.05) is 13.1 Å². The van der Waals surface area contributed by atoms with Crippen LogP contribution in [0.1, 0.15) is 44.7 Å². The van der Waals surface area contributed by atoms with E-state index in [1.165, 1.54) is 30.4 Å². The maximum atomic E-state index is 6.26. The number of aryl methyl sites for hydroxylation is 1. The average Bonchev–Trinajstić information content (AvgIpc) is 2.44. The molecule has 2 heteroatoms. The van der Waals surface area contributed by atoms with Gasteiger partial charge in [0.2, 0.25) is 0 Å². The number of rotatable bonds is 5. The van der Waals surface area contributed by atoms with Crippen LogP contribution in [0.2, 0.25) is 0 Å². The second-order valence-electron chi connectivity index (χ2n) is 6.18. The van der Waals surface area contributed by atoms with Gasteiger partial charge in [-0.2, -0.15) is 0 Å². The summed E-state index contributed by atoms with van der Waals surface area (Å²) in [5.74, 6) is 0.678. The molecule has 1 unspecified atom stereocenters. The van der Waals surface area contributed by atoms with Crippen molar-refractivity contribution in [3.8, 4) is 0 Å². The Morgan fingerprint density at radius 1 is 1.32 bits per heavy atom. The van der Waals surface area contributed by atoms with Crippen molar-refractivity contribution in [2.24, 2.45) is 11.7 Å². The van der Waals surface area contributed by atoms with Crippen LogP contribution in [0.25, 0.3) is 0 Å². The van der Waals surface area contributed by atoms with Gasteiger partial charge in [0.15, 0.2) is 0 Å². The van der Waals surface area contributed by atoms with Crippen LogP contribution in [0.5, 0.6) is 0 Å². The molecule has 0 bridgehead atoms. The molecule has 0 amide bonds. The smallest absolute Gasteiger partial charge is 0.0586 e. The minimum Gasteiger partial charge on any atom is -0.328 e. The molecule has 1 aromatic rings. The zero-order valence-electron chi connectivity index (χ0n) is 12.7. The molecule has 2 rings (SSSR count). The molecule has 0 heterocycles. The topological polar surface area (TPSA) is 29.3 Å². The van der Waals surface area contributed by atoms with E-state index >= 15 is 0 Å². The van der Waals surface area contributed by atoms with Crippen molar-refractivity contribution in [2.45, 2.75) is 45.6 Å². The molecular weight excluding hydrogens is 232 g/mol. The van der Waals surface area contributed by atoms with E-state index < -0.39 is 0 Å². The highest BCUT2D eigenvalue weighted by Crippen LogP contribution is 2.39. The lowest BCUT2D eigenvalue weighted by Crippen LogP contribution is -2.54. The second-order valence-corrected chi connectivity index (χ2v) is 6.18. The monoisotopic (exact) mass is 260 g/mol. The molecule has 0 spiro atoms. The van der Waals surface area contributed by atoms with Crippen LogP contribution in [0.15, 0.2) is 24.3 Å². The number of hydrogen-bond acceptors (Lipinski definition) is 2. The summed E-state index contributed by atoms with van der Waals surface area (Å²) in [5, 5.41) is 0. The Morgan fingerprint density at radius 3 is 2.68 bits per heavy atom. The normalized spacial score (nSPS) is 22.8. The van der Waals surface area contributed by atoms with Crippen molar-refractivity contribution in [1.29, 1.82) is 0 Å². The third-order valence-electron chi connectivity index (χ3n) is 4.47. The third kappa shape index (κ3) is 2.70. The fourth-order valence-corrected chi connectivity index (χ4v) is 3.62. The van der Waals surface area contributed by atoms with E-state index in [1.54, 1.807) is 0 Å². The lowest BCUT2D eigenvalue weighted by molar-refractivity contribution is 0.0674. The summed E-state index contributed by atoms with van der Waals surface area (Å²) < 4.78 is 0. The highest BCUT2D eigenvalue weighted by atomic mass is 15.2. The molecule has 0 aliphatic heterocycles. The van der Waals surface area contributed by atoms with Crippen LogP contribution in [-0.2, 0) is 12.0 Å². The van der Waals surface area contributed by atoms with Gasteiger partial charge in [-0.15, -0.1) is 0 Å². The Hall–Kier alpha value is -0.860. The summed E-state index contributed by atoms with van der Waals surface area (Å²) in [5.41, 5.74) is 9.31. The second kappa shape index (κ2) is 6.06. The van der Waals surface area contributed by atoms with Gasteiger partial charge < -0.3 is 5.73 Å². The molecule has 0 aromatic heterocycles. The van der Waals surface area contributed by atoms with Gasteiger partial charge in [-0.1, -0.05) is 45.0 Å². The zero-order valence-corrected chi connectivity index (χ0v) is 12.7. The third-order valence-corrected chi connectivity index (χ3v) is 4.47. The van der Waals surface area contributed by atoms with Crippen molar-refractivity contribution < 1.29 is 0 Å². The van der Waals surface area contributed by atoms with Crippen LogP contribution in [-0.4, -0.2) is 24.5 Å². The van der Waals surface area contributed by atoms with Gasteiger partial charge in [0.1, 0.15) is 0 Å². The van der Waals surface area contributed by atoms with Gasteiger partial charge in [0.05, 0.1) is 5.54 Å². The largest absolute Gasteiger partial charge is 0.328 e. The van der Waals surface area contributed by atoms with Crippen molar-refractivity contribution in [2.75, 3.05) is 19.6 Å². The highest BCUT2D eigenvalue weighted by Gasteiger charge is 2.39. The summed E-state index contributed by atoms with van der Waals surface area (Å²) in [6, 6.07) is 8.90. The van der Waals surface area contributed by atoms with Gasteiger partial charge >= 0.3 is 0 Å². The molecule has 1 atom stereocenters. The molecule has 19 heavy (non-hydrogen) atoms. The molecule has 2 N–H and O–H groups in total. The van der Waals surface area contributed by atoms with E-state index in [9.17, 15) is 0 Å². The number of benzene rings is 1. The highest BCUT2D eigenvalue weighted by molar-refractivity contribution is 5.36. The summed E-state index contributed by atoms with van der Waals surface area (Å²) in [4.78, 5) is 2.61. The first-order valence-electron chi connectivity index (χ1n) is 7.67. The number of hydrogen-bond donors (Lipinski definition) is 1. The van der Waals surface area contributed by atoms with E-state index in [-0.39, 0.29) is 5.54 Å². The van der Waals surface area contributed by atoms with Crippen LogP contribution in [0, 0.1) is 5.92 Å². The molecule has 1 aromatic carbocycles. The van der Waals surface area contributed by atoms with Crippen molar-refractivity contribution in [1.82, 2.24) is 4.90 Å². The van der Waals surface area contributed by atoms with E-state index in [2.05, 4.69) is 49.9 Å². The zero-order chi connectivity index (χ0) is 13.9. The molecule has 0 radical (unpaired) electrons. The predicted molar refractivity (Wildman–Crippen MR) is 82.2 cm³/mol. The van der Waals surface area contributed by atoms with Crippen LogP contribution in [0.3, 0.4) is 0 Å². The number of likely N-dealkylation sites (N-methyl/N-ethyl adjacent to an activating group) is 1. The van der Waals surface area contributed by atoms with E-state index in [0.29, 0.717) is 5.92 Å². The molecule has 0 saturated heterocycles. The first kappa shape index (κ1) is 14.5. The number of nitrogens with two attached hydrogens (primary N) is 1. The van der Waals surface area contributed by atoms with E-state index in [0.717, 1.165) is 19.6 Å². The van der Waals surface area contributed by atoms with Crippen LogP contribution in [0.4, 0.5) is 0 Å². The summed E-state index contributed by atoms with van der Waals surface area (Å²) in [6.45, 7) is 9.77. The Bertz CT molecular complexity index is 413. The van der Waals surface area contributed by atoms with Gasteiger partial charge in [-0.05, 0) is 42.9 Å². The van der Waals surface area contributed by atoms with Crippen molar-refractivity contribution in [3.05, 3.63) is 35.4 Å². The summed E-state index contributed by atoms with van der Waals surface area (Å²) in [6.07, 6.45) is 3.65. The first-order chi connectivity index (χ1) is 9.14. The Labute approximate surface area is 118 Å². The predicted octanol–water partition coefficient (Wildman–Crippen LogP) is 3.15. The quantitative estimate of drug-likeness (QED) is 0.881. The van der Waals surface area contributed by atoms with Gasteiger partial charge in [0.25, 0.3) is 0 Å². The standard InChI is InChI=1S/C17H28N2/c1-4-19(12-14(2)3)17(13-18)11-7-9-15-8-5-6-10-16(15)17/h5-6,8,10,14H,4,7,9,11-13,18H2,1-3H3.